The molecule has 0 bridgehead atoms. The third-order valence-electron chi connectivity index (χ3n) is 5.48. The van der Waals surface area contributed by atoms with Gasteiger partial charge >= 0.3 is 0 Å². The number of halogens is 1. The van der Waals surface area contributed by atoms with E-state index in [0.717, 1.165) is 27.5 Å². The lowest BCUT2D eigenvalue weighted by Gasteiger charge is -2.17. The standard InChI is InChI=1S/C23H18INO3/c24-16-7-5-14(6-8-16)12-25-13-15(11-21(25)27)17-9-10-19(26)23-22(17)18-3-1-2-4-20(18)28-23/h1-10,15,26H,11-13H2. The number of aromatic hydroxyl groups is 1. The SMILES string of the molecule is O=C1CC(c2ccc(O)c3oc4ccccc4c23)CN1Cc1ccc(I)cc1. The first kappa shape index (κ1) is 17.6. The Morgan fingerprint density at radius 2 is 1.86 bits per heavy atom. The molecule has 28 heavy (non-hydrogen) atoms. The predicted molar refractivity (Wildman–Crippen MR) is 117 cm³/mol. The number of benzene rings is 3. The van der Waals surface area contributed by atoms with Gasteiger partial charge in [0.1, 0.15) is 5.58 Å². The van der Waals surface area contributed by atoms with E-state index in [1.165, 1.54) is 3.57 Å². The second-order valence-corrected chi connectivity index (χ2v) is 8.52. The number of carbonyl (C=O) groups excluding carboxylic acids is 1. The van der Waals surface area contributed by atoms with E-state index >= 15 is 0 Å². The summed E-state index contributed by atoms with van der Waals surface area (Å²) < 4.78 is 7.08. The molecule has 0 aliphatic carbocycles. The predicted octanol–water partition coefficient (Wildman–Crippen LogP) is 5.41. The monoisotopic (exact) mass is 483 g/mol. The van der Waals surface area contributed by atoms with Crippen LogP contribution >= 0.6 is 22.6 Å². The van der Waals surface area contributed by atoms with E-state index in [4.69, 9.17) is 4.42 Å². The first-order valence-electron chi connectivity index (χ1n) is 9.25. The fourth-order valence-electron chi connectivity index (χ4n) is 4.12. The van der Waals surface area contributed by atoms with Crippen molar-refractivity contribution in [2.75, 3.05) is 6.54 Å². The first-order valence-corrected chi connectivity index (χ1v) is 10.3. The molecule has 2 heterocycles. The quantitative estimate of drug-likeness (QED) is 0.397. The van der Waals surface area contributed by atoms with Gasteiger partial charge in [-0.1, -0.05) is 36.4 Å². The molecule has 5 heteroatoms. The van der Waals surface area contributed by atoms with Gasteiger partial charge in [0.05, 0.1) is 0 Å². The Morgan fingerprint density at radius 3 is 2.68 bits per heavy atom. The molecule has 1 aliphatic heterocycles. The van der Waals surface area contributed by atoms with Crippen LogP contribution in [0.5, 0.6) is 5.75 Å². The van der Waals surface area contributed by atoms with Gasteiger partial charge in [0.25, 0.3) is 0 Å². The molecule has 1 N–H and O–H groups in total. The number of carbonyl (C=O) groups is 1. The average molecular weight is 483 g/mol. The number of phenolic OH excluding ortho intramolecular Hbond substituents is 1. The second-order valence-electron chi connectivity index (χ2n) is 7.28. The van der Waals surface area contributed by atoms with Crippen molar-refractivity contribution in [2.24, 2.45) is 0 Å². The van der Waals surface area contributed by atoms with Crippen LogP contribution in [0, 0.1) is 3.57 Å². The molecule has 1 amide bonds. The van der Waals surface area contributed by atoms with Crippen LogP contribution in [0.1, 0.15) is 23.5 Å². The van der Waals surface area contributed by atoms with Crippen molar-refractivity contribution >= 4 is 50.4 Å². The second kappa shape index (κ2) is 6.81. The summed E-state index contributed by atoms with van der Waals surface area (Å²) in [6.07, 6.45) is 0.476. The number of para-hydroxylation sites is 1. The number of nitrogens with zero attached hydrogens (tertiary/aromatic N) is 1. The Balaban J connectivity index is 1.51. The molecule has 5 rings (SSSR count). The zero-order chi connectivity index (χ0) is 19.3. The van der Waals surface area contributed by atoms with E-state index < -0.39 is 0 Å². The van der Waals surface area contributed by atoms with Crippen molar-refractivity contribution in [2.45, 2.75) is 18.9 Å². The van der Waals surface area contributed by atoms with Crippen molar-refractivity contribution in [1.82, 2.24) is 4.90 Å². The van der Waals surface area contributed by atoms with E-state index in [1.807, 2.05) is 35.2 Å². The molecule has 4 aromatic rings. The Kier molecular flexibility index (Phi) is 4.27. The third kappa shape index (κ3) is 2.94. The molecule has 140 valence electrons. The molecule has 1 fully saturated rings. The van der Waals surface area contributed by atoms with Crippen LogP contribution in [0.15, 0.2) is 65.1 Å². The normalized spacial score (nSPS) is 17.1. The van der Waals surface area contributed by atoms with Gasteiger partial charge in [-0.25, -0.2) is 0 Å². The molecule has 1 saturated heterocycles. The maximum absolute atomic E-state index is 12.7. The smallest absolute Gasteiger partial charge is 0.223 e. The number of rotatable bonds is 3. The van der Waals surface area contributed by atoms with Crippen molar-refractivity contribution in [3.8, 4) is 5.75 Å². The Hall–Kier alpha value is -2.54. The summed E-state index contributed by atoms with van der Waals surface area (Å²) in [7, 11) is 0. The lowest BCUT2D eigenvalue weighted by Crippen LogP contribution is -2.24. The zero-order valence-electron chi connectivity index (χ0n) is 15.1. The highest BCUT2D eigenvalue weighted by Gasteiger charge is 2.32. The first-order chi connectivity index (χ1) is 13.6. The highest BCUT2D eigenvalue weighted by Crippen LogP contribution is 2.41. The molecule has 4 nitrogen and oxygen atoms in total. The number of fused-ring (bicyclic) bond motifs is 3. The topological polar surface area (TPSA) is 53.7 Å². The fraction of sp³-hybridized carbons (Fsp3) is 0.174. The Bertz CT molecular complexity index is 1200. The minimum Gasteiger partial charge on any atom is -0.504 e. The largest absolute Gasteiger partial charge is 0.504 e. The van der Waals surface area contributed by atoms with Crippen LogP contribution in [0.4, 0.5) is 0 Å². The van der Waals surface area contributed by atoms with Gasteiger partial charge in [-0.3, -0.25) is 4.79 Å². The summed E-state index contributed by atoms with van der Waals surface area (Å²) in [4.78, 5) is 14.6. The summed E-state index contributed by atoms with van der Waals surface area (Å²) in [6.45, 7) is 1.30. The number of furan rings is 1. The number of hydrogen-bond donors (Lipinski definition) is 1. The van der Waals surface area contributed by atoms with Crippen molar-refractivity contribution in [3.63, 3.8) is 0 Å². The highest BCUT2D eigenvalue weighted by molar-refractivity contribution is 14.1. The van der Waals surface area contributed by atoms with Gasteiger partial charge in [-0.05, 0) is 58.0 Å². The van der Waals surface area contributed by atoms with E-state index in [0.29, 0.717) is 25.1 Å². The maximum Gasteiger partial charge on any atom is 0.223 e. The van der Waals surface area contributed by atoms with E-state index in [-0.39, 0.29) is 17.6 Å². The lowest BCUT2D eigenvalue weighted by atomic mass is 9.93. The van der Waals surface area contributed by atoms with Gasteiger partial charge in [0, 0.05) is 39.8 Å². The molecule has 3 aromatic carbocycles. The van der Waals surface area contributed by atoms with Crippen LogP contribution in [-0.4, -0.2) is 22.5 Å². The van der Waals surface area contributed by atoms with Crippen molar-refractivity contribution < 1.29 is 14.3 Å². The molecule has 0 spiro atoms. The fourth-order valence-corrected chi connectivity index (χ4v) is 4.48. The summed E-state index contributed by atoms with van der Waals surface area (Å²) in [5, 5.41) is 12.2. The molecule has 0 saturated carbocycles. The molecule has 1 aliphatic rings. The van der Waals surface area contributed by atoms with Crippen LogP contribution in [0.3, 0.4) is 0 Å². The number of hydrogen-bond acceptors (Lipinski definition) is 3. The minimum atomic E-state index is 0.0838. The van der Waals surface area contributed by atoms with Gasteiger partial charge < -0.3 is 14.4 Å². The molecular formula is C23H18INO3. The van der Waals surface area contributed by atoms with Gasteiger partial charge in [-0.15, -0.1) is 0 Å². The number of amides is 1. The van der Waals surface area contributed by atoms with Gasteiger partial charge in [-0.2, -0.15) is 0 Å². The van der Waals surface area contributed by atoms with Crippen LogP contribution in [-0.2, 0) is 11.3 Å². The Labute approximate surface area is 175 Å². The summed E-state index contributed by atoms with van der Waals surface area (Å²) in [6, 6.07) is 19.7. The Morgan fingerprint density at radius 1 is 1.07 bits per heavy atom. The van der Waals surface area contributed by atoms with Gasteiger partial charge in [0.15, 0.2) is 11.3 Å². The zero-order valence-corrected chi connectivity index (χ0v) is 17.2. The minimum absolute atomic E-state index is 0.0838. The molecule has 1 aromatic heterocycles. The number of phenols is 1. The maximum atomic E-state index is 12.7. The molecule has 1 atom stereocenters. The van der Waals surface area contributed by atoms with E-state index in [2.05, 4.69) is 46.9 Å². The molecule has 0 radical (unpaired) electrons. The van der Waals surface area contributed by atoms with E-state index in [1.54, 1.807) is 6.07 Å². The van der Waals surface area contributed by atoms with Crippen molar-refractivity contribution in [1.29, 1.82) is 0 Å². The lowest BCUT2D eigenvalue weighted by molar-refractivity contribution is -0.128. The summed E-state index contributed by atoms with van der Waals surface area (Å²) in [5.74, 6) is 0.382. The van der Waals surface area contributed by atoms with E-state index in [9.17, 15) is 9.90 Å². The average Bonchev–Trinajstić information content (AvgIpc) is 3.26. The van der Waals surface area contributed by atoms with Crippen LogP contribution in [0.25, 0.3) is 21.9 Å². The van der Waals surface area contributed by atoms with Crippen molar-refractivity contribution in [3.05, 3.63) is 75.4 Å². The van der Waals surface area contributed by atoms with Crippen LogP contribution in [0.2, 0.25) is 0 Å². The van der Waals surface area contributed by atoms with Gasteiger partial charge in [0.2, 0.25) is 5.91 Å². The highest BCUT2D eigenvalue weighted by atomic mass is 127. The third-order valence-corrected chi connectivity index (χ3v) is 6.20. The summed E-state index contributed by atoms with van der Waals surface area (Å²) >= 11 is 2.28. The summed E-state index contributed by atoms with van der Waals surface area (Å²) in [5.41, 5.74) is 3.46. The number of likely N-dealkylation sites (tertiary alicyclic amines) is 1. The molecule has 1 unspecified atom stereocenters. The molecular weight excluding hydrogens is 465 g/mol. The van der Waals surface area contributed by atoms with Crippen LogP contribution < -0.4 is 0 Å².